The van der Waals surface area contributed by atoms with Gasteiger partial charge in [-0.05, 0) is 36.3 Å². The van der Waals surface area contributed by atoms with E-state index in [1.165, 1.54) is 12.8 Å². The summed E-state index contributed by atoms with van der Waals surface area (Å²) in [6.07, 6.45) is 4.47. The first kappa shape index (κ1) is 10.3. The van der Waals surface area contributed by atoms with Gasteiger partial charge in [0.25, 0.3) is 0 Å². The molecule has 1 aliphatic rings. The molecule has 1 N–H and O–H groups in total. The van der Waals surface area contributed by atoms with E-state index >= 15 is 0 Å². The maximum Gasteiger partial charge on any atom is 0.126 e. The topological polar surface area (TPSA) is 20.2 Å². The highest BCUT2D eigenvalue weighted by Crippen LogP contribution is 2.43. The van der Waals surface area contributed by atoms with Crippen LogP contribution in [0.15, 0.2) is 24.8 Å². The maximum atomic E-state index is 10.1. The third-order valence-electron chi connectivity index (χ3n) is 3.06. The zero-order valence-electron chi connectivity index (χ0n) is 9.29. The normalized spacial score (nSPS) is 15.3. The van der Waals surface area contributed by atoms with Crippen LogP contribution in [0.25, 0.3) is 5.57 Å². The number of hydrogen-bond donors (Lipinski definition) is 1. The van der Waals surface area contributed by atoms with E-state index in [0.29, 0.717) is 11.7 Å². The van der Waals surface area contributed by atoms with Crippen LogP contribution in [0.5, 0.6) is 5.75 Å². The lowest BCUT2D eigenvalue weighted by Gasteiger charge is -2.10. The molecule has 0 saturated heterocycles. The molecule has 0 heterocycles. The van der Waals surface area contributed by atoms with Gasteiger partial charge in [-0.1, -0.05) is 38.1 Å². The van der Waals surface area contributed by atoms with Crippen LogP contribution in [0, 0.1) is 5.92 Å². The molecule has 1 aromatic rings. The van der Waals surface area contributed by atoms with Gasteiger partial charge in [-0.3, -0.25) is 0 Å². The van der Waals surface area contributed by atoms with E-state index in [1.54, 1.807) is 0 Å². The number of phenols is 1. The Kier molecular flexibility index (Phi) is 2.81. The van der Waals surface area contributed by atoms with E-state index < -0.39 is 0 Å². The first-order valence-corrected chi connectivity index (χ1v) is 5.74. The van der Waals surface area contributed by atoms with E-state index in [9.17, 15) is 5.11 Å². The molecule has 2 rings (SSSR count). The van der Waals surface area contributed by atoms with Crippen molar-refractivity contribution >= 4 is 5.57 Å². The van der Waals surface area contributed by atoms with Crippen molar-refractivity contribution in [3.63, 3.8) is 0 Å². The Morgan fingerprint density at radius 1 is 1.47 bits per heavy atom. The molecule has 15 heavy (non-hydrogen) atoms. The van der Waals surface area contributed by atoms with Crippen molar-refractivity contribution in [3.8, 4) is 5.75 Å². The van der Waals surface area contributed by atoms with Crippen molar-refractivity contribution in [2.45, 2.75) is 32.6 Å². The summed E-state index contributed by atoms with van der Waals surface area (Å²) in [5.41, 5.74) is 3.13. The number of hydrogen-bond acceptors (Lipinski definition) is 1. The van der Waals surface area contributed by atoms with Gasteiger partial charge >= 0.3 is 0 Å². The van der Waals surface area contributed by atoms with Crippen LogP contribution in [0.1, 0.15) is 37.3 Å². The van der Waals surface area contributed by atoms with Crippen LogP contribution in [0.2, 0.25) is 0 Å². The minimum absolute atomic E-state index is 0.455. The molecule has 0 aliphatic heterocycles. The average molecular weight is 202 g/mol. The summed E-state index contributed by atoms with van der Waals surface area (Å²) in [6.45, 7) is 6.22. The van der Waals surface area contributed by atoms with E-state index in [0.717, 1.165) is 29.5 Å². The van der Waals surface area contributed by atoms with Crippen LogP contribution in [-0.2, 0) is 6.42 Å². The number of phenolic OH excluding ortho intramolecular Hbond substituents is 1. The molecule has 1 aliphatic carbocycles. The Morgan fingerprint density at radius 2 is 2.20 bits per heavy atom. The summed E-state index contributed by atoms with van der Waals surface area (Å²) in [4.78, 5) is 0. The molecule has 1 saturated carbocycles. The van der Waals surface area contributed by atoms with E-state index in [1.807, 2.05) is 18.2 Å². The Hall–Kier alpha value is -1.24. The molecule has 0 spiro atoms. The molecule has 0 atom stereocenters. The minimum Gasteiger partial charge on any atom is -0.507 e. The molecule has 1 fully saturated rings. The Labute approximate surface area is 91.4 Å². The molecule has 0 radical (unpaired) electrons. The summed E-state index contributed by atoms with van der Waals surface area (Å²) in [5.74, 6) is 1.07. The van der Waals surface area contributed by atoms with Crippen molar-refractivity contribution < 1.29 is 5.11 Å². The Morgan fingerprint density at radius 3 is 2.80 bits per heavy atom. The SMILES string of the molecule is C=C(c1cccc(CCC)c1O)C1CC1. The second-order valence-corrected chi connectivity index (χ2v) is 4.36. The number of aromatic hydroxyl groups is 1. The third kappa shape index (κ3) is 2.06. The summed E-state index contributed by atoms with van der Waals surface area (Å²) >= 11 is 0. The van der Waals surface area contributed by atoms with Crippen LogP contribution < -0.4 is 0 Å². The monoisotopic (exact) mass is 202 g/mol. The highest BCUT2D eigenvalue weighted by molar-refractivity contribution is 5.72. The average Bonchev–Trinajstić information content (AvgIpc) is 3.04. The first-order chi connectivity index (χ1) is 7.24. The number of allylic oxidation sites excluding steroid dienone is 1. The van der Waals surface area contributed by atoms with Crippen molar-refractivity contribution in [3.05, 3.63) is 35.9 Å². The number of para-hydroxylation sites is 1. The van der Waals surface area contributed by atoms with Gasteiger partial charge in [0.1, 0.15) is 5.75 Å². The van der Waals surface area contributed by atoms with Crippen LogP contribution >= 0.6 is 0 Å². The number of benzene rings is 1. The summed E-state index contributed by atoms with van der Waals surface area (Å²) in [7, 11) is 0. The lowest BCUT2D eigenvalue weighted by atomic mass is 9.98. The van der Waals surface area contributed by atoms with E-state index in [-0.39, 0.29) is 0 Å². The highest BCUT2D eigenvalue weighted by atomic mass is 16.3. The van der Waals surface area contributed by atoms with E-state index in [4.69, 9.17) is 0 Å². The molecule has 0 amide bonds. The Bertz CT molecular complexity index is 375. The second kappa shape index (κ2) is 4.09. The lowest BCUT2D eigenvalue weighted by molar-refractivity contribution is 0.465. The first-order valence-electron chi connectivity index (χ1n) is 5.74. The van der Waals surface area contributed by atoms with Gasteiger partial charge in [0.05, 0.1) is 0 Å². The van der Waals surface area contributed by atoms with Crippen molar-refractivity contribution in [1.29, 1.82) is 0 Å². The standard InChI is InChI=1S/C14H18O/c1-3-5-12-6-4-7-13(14(12)15)10(2)11-8-9-11/h4,6-7,11,15H,2-3,5,8-9H2,1H3. The smallest absolute Gasteiger partial charge is 0.126 e. The summed E-state index contributed by atoms with van der Waals surface area (Å²) < 4.78 is 0. The summed E-state index contributed by atoms with van der Waals surface area (Å²) in [6, 6.07) is 6.01. The third-order valence-corrected chi connectivity index (χ3v) is 3.06. The van der Waals surface area contributed by atoms with Gasteiger partial charge < -0.3 is 5.11 Å². The second-order valence-electron chi connectivity index (χ2n) is 4.36. The fourth-order valence-electron chi connectivity index (χ4n) is 1.97. The minimum atomic E-state index is 0.455. The largest absolute Gasteiger partial charge is 0.507 e. The Balaban J connectivity index is 2.30. The lowest BCUT2D eigenvalue weighted by Crippen LogP contribution is -1.91. The van der Waals surface area contributed by atoms with E-state index in [2.05, 4.69) is 13.5 Å². The van der Waals surface area contributed by atoms with Crippen LogP contribution in [0.4, 0.5) is 0 Å². The van der Waals surface area contributed by atoms with Crippen molar-refractivity contribution in [2.24, 2.45) is 5.92 Å². The predicted octanol–water partition coefficient (Wildman–Crippen LogP) is 3.77. The number of aryl methyl sites for hydroxylation is 1. The highest BCUT2D eigenvalue weighted by Gasteiger charge is 2.27. The van der Waals surface area contributed by atoms with Gasteiger partial charge in [0.2, 0.25) is 0 Å². The zero-order chi connectivity index (χ0) is 10.8. The van der Waals surface area contributed by atoms with Gasteiger partial charge in [-0.25, -0.2) is 0 Å². The van der Waals surface area contributed by atoms with Gasteiger partial charge in [-0.15, -0.1) is 0 Å². The maximum absolute atomic E-state index is 10.1. The van der Waals surface area contributed by atoms with Crippen molar-refractivity contribution in [1.82, 2.24) is 0 Å². The van der Waals surface area contributed by atoms with Gasteiger partial charge in [0, 0.05) is 5.56 Å². The quantitative estimate of drug-likeness (QED) is 0.788. The van der Waals surface area contributed by atoms with Crippen LogP contribution in [0.3, 0.4) is 0 Å². The van der Waals surface area contributed by atoms with Gasteiger partial charge in [-0.2, -0.15) is 0 Å². The summed E-state index contributed by atoms with van der Waals surface area (Å²) in [5, 5.41) is 10.1. The molecule has 1 heteroatoms. The number of rotatable bonds is 4. The fraction of sp³-hybridized carbons (Fsp3) is 0.429. The zero-order valence-corrected chi connectivity index (χ0v) is 9.29. The molecule has 0 aromatic heterocycles. The molecule has 1 aromatic carbocycles. The molecule has 0 bridgehead atoms. The molecular formula is C14H18O. The fourth-order valence-corrected chi connectivity index (χ4v) is 1.97. The van der Waals surface area contributed by atoms with Crippen molar-refractivity contribution in [2.75, 3.05) is 0 Å². The van der Waals surface area contributed by atoms with Gasteiger partial charge in [0.15, 0.2) is 0 Å². The molecule has 0 unspecified atom stereocenters. The molecule has 1 nitrogen and oxygen atoms in total. The van der Waals surface area contributed by atoms with Crippen LogP contribution in [-0.4, -0.2) is 5.11 Å². The molecule has 80 valence electrons. The molecular weight excluding hydrogens is 184 g/mol. The predicted molar refractivity (Wildman–Crippen MR) is 63.9 cm³/mol.